The summed E-state index contributed by atoms with van der Waals surface area (Å²) in [5.74, 6) is 0. The molecule has 0 amide bonds. The molecule has 1 rings (SSSR count). The van der Waals surface area contributed by atoms with Crippen LogP contribution in [-0.2, 0) is 9.47 Å². The van der Waals surface area contributed by atoms with E-state index in [4.69, 9.17) is 9.47 Å². The van der Waals surface area contributed by atoms with E-state index in [9.17, 15) is 0 Å². The molecule has 1 heterocycles. The van der Waals surface area contributed by atoms with E-state index in [0.29, 0.717) is 20.3 Å². The molecule has 0 aliphatic carbocycles. The summed E-state index contributed by atoms with van der Waals surface area (Å²) in [6.45, 7) is 6.42. The van der Waals surface area contributed by atoms with Crippen molar-refractivity contribution in [1.29, 1.82) is 0 Å². The van der Waals surface area contributed by atoms with Crippen LogP contribution in [0.25, 0.3) is 0 Å². The van der Waals surface area contributed by atoms with Crippen LogP contribution in [0.15, 0.2) is 12.7 Å². The summed E-state index contributed by atoms with van der Waals surface area (Å²) in [6, 6.07) is 0. The van der Waals surface area contributed by atoms with Gasteiger partial charge < -0.3 is 9.47 Å². The van der Waals surface area contributed by atoms with Gasteiger partial charge in [-0.1, -0.05) is 6.08 Å². The van der Waals surface area contributed by atoms with Gasteiger partial charge in [0.25, 0.3) is 0 Å². The molecule has 0 spiro atoms. The lowest BCUT2D eigenvalue weighted by Crippen LogP contribution is -2.35. The third kappa shape index (κ3) is 2.47. The monoisotopic (exact) mass is 143 g/mol. The van der Waals surface area contributed by atoms with Gasteiger partial charge in [0, 0.05) is 6.54 Å². The van der Waals surface area contributed by atoms with Gasteiger partial charge >= 0.3 is 0 Å². The first-order valence-electron chi connectivity index (χ1n) is 3.42. The fraction of sp³-hybridized carbons (Fsp3) is 0.714. The SMILES string of the molecule is C=CCCN1COCOC1. The zero-order valence-electron chi connectivity index (χ0n) is 6.08. The highest BCUT2D eigenvalue weighted by Gasteiger charge is 2.07. The largest absolute Gasteiger partial charge is 0.340 e. The van der Waals surface area contributed by atoms with Gasteiger partial charge in [-0.15, -0.1) is 6.58 Å². The molecule has 1 fully saturated rings. The molecule has 0 radical (unpaired) electrons. The van der Waals surface area contributed by atoms with Crippen molar-refractivity contribution in [3.63, 3.8) is 0 Å². The zero-order chi connectivity index (χ0) is 7.23. The molecule has 0 aromatic carbocycles. The van der Waals surface area contributed by atoms with Gasteiger partial charge in [-0.25, -0.2) is 0 Å². The van der Waals surface area contributed by atoms with E-state index in [1.807, 2.05) is 6.08 Å². The molecule has 3 nitrogen and oxygen atoms in total. The quantitative estimate of drug-likeness (QED) is 0.545. The van der Waals surface area contributed by atoms with Crippen LogP contribution in [-0.4, -0.2) is 31.7 Å². The lowest BCUT2D eigenvalue weighted by Gasteiger charge is -2.25. The Bertz CT molecular complexity index is 99.8. The molecule has 1 aliphatic rings. The van der Waals surface area contributed by atoms with E-state index in [-0.39, 0.29) is 0 Å². The predicted molar refractivity (Wildman–Crippen MR) is 38.3 cm³/mol. The van der Waals surface area contributed by atoms with E-state index in [1.54, 1.807) is 0 Å². The van der Waals surface area contributed by atoms with E-state index in [1.165, 1.54) is 0 Å². The Morgan fingerprint density at radius 3 is 2.70 bits per heavy atom. The van der Waals surface area contributed by atoms with Crippen molar-refractivity contribution in [3.8, 4) is 0 Å². The highest BCUT2D eigenvalue weighted by molar-refractivity contribution is 4.68. The van der Waals surface area contributed by atoms with Crippen molar-refractivity contribution >= 4 is 0 Å². The first-order valence-corrected chi connectivity index (χ1v) is 3.42. The van der Waals surface area contributed by atoms with E-state index in [2.05, 4.69) is 11.5 Å². The van der Waals surface area contributed by atoms with Crippen molar-refractivity contribution in [1.82, 2.24) is 4.90 Å². The minimum atomic E-state index is 0.435. The second-order valence-corrected chi connectivity index (χ2v) is 2.26. The lowest BCUT2D eigenvalue weighted by atomic mass is 10.4. The maximum absolute atomic E-state index is 5.05. The van der Waals surface area contributed by atoms with Crippen molar-refractivity contribution < 1.29 is 9.47 Å². The van der Waals surface area contributed by atoms with Crippen LogP contribution < -0.4 is 0 Å². The van der Waals surface area contributed by atoms with E-state index < -0.39 is 0 Å². The average molecular weight is 143 g/mol. The van der Waals surface area contributed by atoms with Gasteiger partial charge in [0.1, 0.15) is 20.3 Å². The molecule has 3 heteroatoms. The highest BCUT2D eigenvalue weighted by atomic mass is 16.7. The number of rotatable bonds is 3. The molecule has 0 aromatic heterocycles. The molecular formula is C7H13NO2. The minimum absolute atomic E-state index is 0.435. The molecule has 0 atom stereocenters. The molecule has 0 N–H and O–H groups in total. The van der Waals surface area contributed by atoms with Crippen LogP contribution >= 0.6 is 0 Å². The van der Waals surface area contributed by atoms with E-state index in [0.717, 1.165) is 13.0 Å². The number of nitrogens with zero attached hydrogens (tertiary/aromatic N) is 1. The molecule has 0 saturated carbocycles. The second-order valence-electron chi connectivity index (χ2n) is 2.26. The molecule has 1 aliphatic heterocycles. The third-order valence-corrected chi connectivity index (χ3v) is 1.36. The van der Waals surface area contributed by atoms with Crippen molar-refractivity contribution in [2.24, 2.45) is 0 Å². The van der Waals surface area contributed by atoms with Crippen molar-refractivity contribution in [2.45, 2.75) is 6.42 Å². The van der Waals surface area contributed by atoms with Crippen LogP contribution in [0, 0.1) is 0 Å². The van der Waals surface area contributed by atoms with Gasteiger partial charge in [0.2, 0.25) is 0 Å². The summed E-state index contributed by atoms with van der Waals surface area (Å²) in [4.78, 5) is 2.09. The van der Waals surface area contributed by atoms with Crippen LogP contribution in [0.4, 0.5) is 0 Å². The molecule has 0 aromatic rings. The normalized spacial score (nSPS) is 20.8. The molecular weight excluding hydrogens is 130 g/mol. The third-order valence-electron chi connectivity index (χ3n) is 1.36. The summed E-state index contributed by atoms with van der Waals surface area (Å²) in [5, 5.41) is 0. The molecule has 0 unspecified atom stereocenters. The Balaban J connectivity index is 2.07. The van der Waals surface area contributed by atoms with Crippen LogP contribution in [0.3, 0.4) is 0 Å². The Hall–Kier alpha value is -0.380. The summed E-state index contributed by atoms with van der Waals surface area (Å²) >= 11 is 0. The fourth-order valence-corrected chi connectivity index (χ4v) is 0.832. The first kappa shape index (κ1) is 7.72. The Labute approximate surface area is 61.2 Å². The Kier molecular flexibility index (Phi) is 3.43. The Morgan fingerprint density at radius 2 is 2.10 bits per heavy atom. The summed E-state index contributed by atoms with van der Waals surface area (Å²) < 4.78 is 10.1. The van der Waals surface area contributed by atoms with Gasteiger partial charge in [0.15, 0.2) is 0 Å². The molecule has 10 heavy (non-hydrogen) atoms. The first-order chi connectivity index (χ1) is 4.93. The van der Waals surface area contributed by atoms with Gasteiger partial charge in [-0.3, -0.25) is 4.90 Å². The number of hydrogen-bond donors (Lipinski definition) is 0. The summed E-state index contributed by atoms with van der Waals surface area (Å²) in [7, 11) is 0. The van der Waals surface area contributed by atoms with E-state index >= 15 is 0 Å². The Morgan fingerprint density at radius 1 is 1.40 bits per heavy atom. The van der Waals surface area contributed by atoms with Crippen LogP contribution in [0.5, 0.6) is 0 Å². The van der Waals surface area contributed by atoms with Crippen LogP contribution in [0.2, 0.25) is 0 Å². The van der Waals surface area contributed by atoms with Gasteiger partial charge in [0.05, 0.1) is 0 Å². The standard InChI is InChI=1S/C7H13NO2/c1-2-3-4-8-5-9-7-10-6-8/h2H,1,3-7H2. The van der Waals surface area contributed by atoms with Gasteiger partial charge in [-0.05, 0) is 6.42 Å². The fourth-order valence-electron chi connectivity index (χ4n) is 0.832. The highest BCUT2D eigenvalue weighted by Crippen LogP contribution is 1.98. The van der Waals surface area contributed by atoms with Crippen molar-refractivity contribution in [2.75, 3.05) is 26.8 Å². The number of ether oxygens (including phenoxy) is 2. The number of hydrogen-bond acceptors (Lipinski definition) is 3. The van der Waals surface area contributed by atoms with Crippen LogP contribution in [0.1, 0.15) is 6.42 Å². The second kappa shape index (κ2) is 4.44. The maximum Gasteiger partial charge on any atom is 0.150 e. The minimum Gasteiger partial charge on any atom is -0.340 e. The molecule has 0 bridgehead atoms. The summed E-state index contributed by atoms with van der Waals surface area (Å²) in [5.41, 5.74) is 0. The molecule has 1 saturated heterocycles. The maximum atomic E-state index is 5.05. The van der Waals surface area contributed by atoms with Gasteiger partial charge in [-0.2, -0.15) is 0 Å². The smallest absolute Gasteiger partial charge is 0.150 e. The topological polar surface area (TPSA) is 21.7 Å². The zero-order valence-corrected chi connectivity index (χ0v) is 6.08. The lowest BCUT2D eigenvalue weighted by molar-refractivity contribution is -0.182. The average Bonchev–Trinajstić information content (AvgIpc) is 2.03. The summed E-state index contributed by atoms with van der Waals surface area (Å²) in [6.07, 6.45) is 2.89. The predicted octanol–water partition coefficient (Wildman–Crippen LogP) is 0.784. The molecule has 58 valence electrons. The van der Waals surface area contributed by atoms with Crippen molar-refractivity contribution in [3.05, 3.63) is 12.7 Å².